The van der Waals surface area contributed by atoms with Crippen LogP contribution in [-0.4, -0.2) is 74.0 Å². The molecule has 0 radical (unpaired) electrons. The Morgan fingerprint density at radius 2 is 1.83 bits per heavy atom. The Bertz CT molecular complexity index is 986. The van der Waals surface area contributed by atoms with Gasteiger partial charge in [0.2, 0.25) is 15.9 Å². The monoisotopic (exact) mass is 431 g/mol. The molecule has 2 fully saturated rings. The number of hydrogen-bond donors (Lipinski definition) is 0. The van der Waals surface area contributed by atoms with Gasteiger partial charge in [-0.25, -0.2) is 13.4 Å². The summed E-state index contributed by atoms with van der Waals surface area (Å²) in [7, 11) is -3.57. The SMILES string of the molecule is Cc1ccc(OC2CCN(C(=O)c3ccc(S(=O)(=O)N4CCOCC4)cc3)C2)nc1. The van der Waals surface area contributed by atoms with Gasteiger partial charge in [-0.3, -0.25) is 4.79 Å². The minimum absolute atomic E-state index is 0.106. The average molecular weight is 432 g/mol. The Kier molecular flexibility index (Phi) is 6.03. The van der Waals surface area contributed by atoms with Crippen molar-refractivity contribution in [1.29, 1.82) is 0 Å². The van der Waals surface area contributed by atoms with E-state index in [1.165, 1.54) is 16.4 Å². The van der Waals surface area contributed by atoms with Crippen molar-refractivity contribution in [2.75, 3.05) is 39.4 Å². The van der Waals surface area contributed by atoms with Crippen molar-refractivity contribution in [3.63, 3.8) is 0 Å². The number of aromatic nitrogens is 1. The highest BCUT2D eigenvalue weighted by atomic mass is 32.2. The third kappa shape index (κ3) is 4.48. The summed E-state index contributed by atoms with van der Waals surface area (Å²) in [5.74, 6) is 0.422. The lowest BCUT2D eigenvalue weighted by atomic mass is 10.2. The van der Waals surface area contributed by atoms with Gasteiger partial charge in [0.1, 0.15) is 6.10 Å². The van der Waals surface area contributed by atoms with Gasteiger partial charge in [0.15, 0.2) is 0 Å². The predicted octanol–water partition coefficient (Wildman–Crippen LogP) is 1.70. The van der Waals surface area contributed by atoms with Crippen molar-refractivity contribution in [2.24, 2.45) is 0 Å². The zero-order valence-electron chi connectivity index (χ0n) is 16.9. The molecule has 4 rings (SSSR count). The fourth-order valence-electron chi connectivity index (χ4n) is 3.59. The van der Waals surface area contributed by atoms with E-state index in [0.29, 0.717) is 50.8 Å². The molecule has 0 spiro atoms. The number of ether oxygens (including phenoxy) is 2. The van der Waals surface area contributed by atoms with E-state index in [9.17, 15) is 13.2 Å². The predicted molar refractivity (Wildman–Crippen MR) is 110 cm³/mol. The second-order valence-electron chi connectivity index (χ2n) is 7.49. The van der Waals surface area contributed by atoms with E-state index in [4.69, 9.17) is 9.47 Å². The lowest BCUT2D eigenvalue weighted by Crippen LogP contribution is -2.40. The van der Waals surface area contributed by atoms with E-state index in [2.05, 4.69) is 4.98 Å². The molecule has 1 aromatic carbocycles. The molecule has 0 saturated carbocycles. The first-order valence-corrected chi connectivity index (χ1v) is 11.4. The van der Waals surface area contributed by atoms with Crippen LogP contribution in [0, 0.1) is 6.92 Å². The van der Waals surface area contributed by atoms with E-state index in [1.807, 2.05) is 19.1 Å². The maximum atomic E-state index is 12.8. The molecule has 2 aromatic rings. The number of carbonyl (C=O) groups is 1. The van der Waals surface area contributed by atoms with Crippen molar-refractivity contribution < 1.29 is 22.7 Å². The van der Waals surface area contributed by atoms with Crippen molar-refractivity contribution in [3.8, 4) is 5.88 Å². The van der Waals surface area contributed by atoms with Gasteiger partial charge in [0, 0.05) is 43.9 Å². The fraction of sp³-hybridized carbons (Fsp3) is 0.429. The van der Waals surface area contributed by atoms with Crippen LogP contribution in [0.3, 0.4) is 0 Å². The molecule has 2 aliphatic rings. The Morgan fingerprint density at radius 3 is 2.50 bits per heavy atom. The second kappa shape index (κ2) is 8.71. The zero-order chi connectivity index (χ0) is 21.1. The highest BCUT2D eigenvalue weighted by Gasteiger charge is 2.30. The number of pyridine rings is 1. The standard InChI is InChI=1S/C21H25N3O5S/c1-16-2-7-20(22-14-16)29-18-8-9-23(15-18)21(25)17-3-5-19(6-4-17)30(26,27)24-10-12-28-13-11-24/h2-7,14,18H,8-13,15H2,1H3. The summed E-state index contributed by atoms with van der Waals surface area (Å²) >= 11 is 0. The number of sulfonamides is 1. The molecule has 0 bridgehead atoms. The first-order chi connectivity index (χ1) is 14.4. The molecule has 160 valence electrons. The first kappa shape index (κ1) is 20.8. The molecule has 30 heavy (non-hydrogen) atoms. The van der Waals surface area contributed by atoms with Gasteiger partial charge in [-0.1, -0.05) is 6.07 Å². The number of benzene rings is 1. The average Bonchev–Trinajstić information content (AvgIpc) is 3.24. The molecule has 1 unspecified atom stereocenters. The van der Waals surface area contributed by atoms with Crippen LogP contribution in [-0.2, 0) is 14.8 Å². The van der Waals surface area contributed by atoms with E-state index in [0.717, 1.165) is 12.0 Å². The van der Waals surface area contributed by atoms with Crippen LogP contribution in [0.25, 0.3) is 0 Å². The summed E-state index contributed by atoms with van der Waals surface area (Å²) in [4.78, 5) is 19.0. The number of likely N-dealkylation sites (tertiary alicyclic amines) is 1. The molecule has 0 N–H and O–H groups in total. The molecular formula is C21H25N3O5S. The maximum absolute atomic E-state index is 12.8. The highest BCUT2D eigenvalue weighted by molar-refractivity contribution is 7.89. The second-order valence-corrected chi connectivity index (χ2v) is 9.43. The van der Waals surface area contributed by atoms with Crippen molar-refractivity contribution in [1.82, 2.24) is 14.2 Å². The van der Waals surface area contributed by atoms with Crippen LogP contribution in [0.1, 0.15) is 22.3 Å². The fourth-order valence-corrected chi connectivity index (χ4v) is 5.00. The van der Waals surface area contributed by atoms with Gasteiger partial charge in [0.25, 0.3) is 5.91 Å². The first-order valence-electron chi connectivity index (χ1n) is 10.00. The molecule has 1 aromatic heterocycles. The molecule has 2 aliphatic heterocycles. The Balaban J connectivity index is 1.38. The summed E-state index contributed by atoms with van der Waals surface area (Å²) in [5, 5.41) is 0. The van der Waals surface area contributed by atoms with Gasteiger partial charge in [-0.05, 0) is 36.8 Å². The number of amides is 1. The number of carbonyl (C=O) groups excluding carboxylic acids is 1. The molecule has 1 atom stereocenters. The van der Waals surface area contributed by atoms with Crippen LogP contribution < -0.4 is 4.74 Å². The highest BCUT2D eigenvalue weighted by Crippen LogP contribution is 2.21. The number of hydrogen-bond acceptors (Lipinski definition) is 6. The van der Waals surface area contributed by atoms with Crippen molar-refractivity contribution in [2.45, 2.75) is 24.3 Å². The smallest absolute Gasteiger partial charge is 0.253 e. The third-order valence-electron chi connectivity index (χ3n) is 5.31. The molecular weight excluding hydrogens is 406 g/mol. The molecule has 8 nitrogen and oxygen atoms in total. The third-order valence-corrected chi connectivity index (χ3v) is 7.23. The van der Waals surface area contributed by atoms with Crippen LogP contribution in [0.2, 0.25) is 0 Å². The minimum atomic E-state index is -3.57. The Morgan fingerprint density at radius 1 is 1.10 bits per heavy atom. The summed E-state index contributed by atoms with van der Waals surface area (Å²) in [6.45, 7) is 4.50. The molecule has 9 heteroatoms. The topological polar surface area (TPSA) is 89.0 Å². The van der Waals surface area contributed by atoms with Gasteiger partial charge < -0.3 is 14.4 Å². The normalized spacial score (nSPS) is 20.3. The summed E-state index contributed by atoms with van der Waals surface area (Å²) in [6, 6.07) is 9.91. The number of nitrogens with zero attached hydrogens (tertiary/aromatic N) is 3. The Hall–Kier alpha value is -2.49. The summed E-state index contributed by atoms with van der Waals surface area (Å²) < 4.78 is 37.9. The quantitative estimate of drug-likeness (QED) is 0.716. The van der Waals surface area contributed by atoms with Gasteiger partial charge >= 0.3 is 0 Å². The zero-order valence-corrected chi connectivity index (χ0v) is 17.7. The van der Waals surface area contributed by atoms with Crippen LogP contribution in [0.4, 0.5) is 0 Å². The van der Waals surface area contributed by atoms with E-state index in [-0.39, 0.29) is 16.9 Å². The molecule has 2 saturated heterocycles. The molecule has 1 amide bonds. The van der Waals surface area contributed by atoms with Crippen LogP contribution in [0.15, 0.2) is 47.5 Å². The lowest BCUT2D eigenvalue weighted by Gasteiger charge is -2.26. The van der Waals surface area contributed by atoms with Gasteiger partial charge in [-0.15, -0.1) is 0 Å². The van der Waals surface area contributed by atoms with E-state index in [1.54, 1.807) is 23.2 Å². The van der Waals surface area contributed by atoms with Crippen LogP contribution >= 0.6 is 0 Å². The van der Waals surface area contributed by atoms with Gasteiger partial charge in [-0.2, -0.15) is 4.31 Å². The minimum Gasteiger partial charge on any atom is -0.472 e. The maximum Gasteiger partial charge on any atom is 0.253 e. The summed E-state index contributed by atoms with van der Waals surface area (Å²) in [6.07, 6.45) is 2.37. The number of aryl methyl sites for hydroxylation is 1. The molecule has 0 aliphatic carbocycles. The van der Waals surface area contributed by atoms with Crippen molar-refractivity contribution in [3.05, 3.63) is 53.7 Å². The largest absolute Gasteiger partial charge is 0.472 e. The molecule has 3 heterocycles. The number of rotatable bonds is 5. The van der Waals surface area contributed by atoms with Gasteiger partial charge in [0.05, 0.1) is 24.7 Å². The van der Waals surface area contributed by atoms with E-state index >= 15 is 0 Å². The Labute approximate surface area is 176 Å². The van der Waals surface area contributed by atoms with E-state index < -0.39 is 10.0 Å². The summed E-state index contributed by atoms with van der Waals surface area (Å²) in [5.41, 5.74) is 1.52. The van der Waals surface area contributed by atoms with Crippen molar-refractivity contribution >= 4 is 15.9 Å². The lowest BCUT2D eigenvalue weighted by molar-refractivity contribution is 0.0730. The number of morpholine rings is 1. The van der Waals surface area contributed by atoms with Crippen LogP contribution in [0.5, 0.6) is 5.88 Å².